The van der Waals surface area contributed by atoms with Gasteiger partial charge in [0, 0.05) is 24.5 Å². The molecule has 4 heteroatoms. The Labute approximate surface area is 120 Å². The summed E-state index contributed by atoms with van der Waals surface area (Å²) in [6, 6.07) is 8.45. The van der Waals surface area contributed by atoms with E-state index in [0.717, 1.165) is 17.3 Å². The molecule has 0 radical (unpaired) electrons. The number of anilines is 2. The van der Waals surface area contributed by atoms with Crippen molar-refractivity contribution in [2.45, 2.75) is 38.6 Å². The molecule has 1 aromatic rings. The maximum atomic E-state index is 11.5. The molecule has 1 fully saturated rings. The minimum absolute atomic E-state index is 0.0815. The van der Waals surface area contributed by atoms with Crippen molar-refractivity contribution in [3.05, 3.63) is 24.3 Å². The summed E-state index contributed by atoms with van der Waals surface area (Å²) in [4.78, 5) is 11.5. The summed E-state index contributed by atoms with van der Waals surface area (Å²) < 4.78 is 4.81. The van der Waals surface area contributed by atoms with E-state index in [-0.39, 0.29) is 12.5 Å². The molecule has 2 N–H and O–H groups in total. The van der Waals surface area contributed by atoms with Crippen molar-refractivity contribution >= 4 is 17.3 Å². The van der Waals surface area contributed by atoms with Crippen LogP contribution in [0.25, 0.3) is 0 Å². The van der Waals surface area contributed by atoms with E-state index in [0.29, 0.717) is 6.04 Å². The van der Waals surface area contributed by atoms with E-state index in [1.54, 1.807) is 0 Å². The first-order chi connectivity index (χ1) is 9.72. The van der Waals surface area contributed by atoms with E-state index in [9.17, 15) is 4.79 Å². The highest BCUT2D eigenvalue weighted by molar-refractivity contribution is 5.92. The monoisotopic (exact) mass is 276 g/mol. The molecule has 20 heavy (non-hydrogen) atoms. The van der Waals surface area contributed by atoms with Gasteiger partial charge in [-0.15, -0.1) is 0 Å². The van der Waals surface area contributed by atoms with Gasteiger partial charge in [0.25, 0.3) is 0 Å². The molecular formula is C16H24N2O2. The van der Waals surface area contributed by atoms with Crippen LogP contribution in [0.2, 0.25) is 0 Å². The maximum Gasteiger partial charge on any atom is 0.250 e. The summed E-state index contributed by atoms with van der Waals surface area (Å²) in [5.41, 5.74) is 1.88. The third-order valence-electron chi connectivity index (χ3n) is 3.96. The van der Waals surface area contributed by atoms with Crippen LogP contribution in [0.1, 0.15) is 32.6 Å². The summed E-state index contributed by atoms with van der Waals surface area (Å²) in [5, 5.41) is 6.43. The minimum Gasteiger partial charge on any atom is -0.382 e. The highest BCUT2D eigenvalue weighted by Crippen LogP contribution is 2.31. The van der Waals surface area contributed by atoms with E-state index in [2.05, 4.69) is 23.6 Å². The van der Waals surface area contributed by atoms with Gasteiger partial charge >= 0.3 is 0 Å². The van der Waals surface area contributed by atoms with Crippen LogP contribution in [0.4, 0.5) is 11.4 Å². The lowest BCUT2D eigenvalue weighted by atomic mass is 10.0. The molecule has 0 heterocycles. The van der Waals surface area contributed by atoms with Gasteiger partial charge in [-0.1, -0.05) is 25.8 Å². The highest BCUT2D eigenvalue weighted by atomic mass is 16.5. The van der Waals surface area contributed by atoms with Gasteiger partial charge in [0.2, 0.25) is 5.91 Å². The number of benzene rings is 1. The fourth-order valence-electron chi connectivity index (χ4n) is 2.94. The van der Waals surface area contributed by atoms with Crippen LogP contribution >= 0.6 is 0 Å². The highest BCUT2D eigenvalue weighted by Gasteiger charge is 2.25. The molecule has 1 aliphatic carbocycles. The molecule has 1 amide bonds. The van der Waals surface area contributed by atoms with Gasteiger partial charge in [0.1, 0.15) is 6.61 Å². The first kappa shape index (κ1) is 14.9. The van der Waals surface area contributed by atoms with E-state index >= 15 is 0 Å². The second kappa shape index (κ2) is 7.29. The zero-order chi connectivity index (χ0) is 14.4. The van der Waals surface area contributed by atoms with Crippen LogP contribution in [0, 0.1) is 5.92 Å². The largest absolute Gasteiger partial charge is 0.382 e. The first-order valence-electron chi connectivity index (χ1n) is 7.38. The van der Waals surface area contributed by atoms with Crippen molar-refractivity contribution in [2.24, 2.45) is 5.92 Å². The molecular weight excluding hydrogens is 252 g/mol. The van der Waals surface area contributed by atoms with Crippen molar-refractivity contribution in [3.63, 3.8) is 0 Å². The van der Waals surface area contributed by atoms with E-state index < -0.39 is 0 Å². The van der Waals surface area contributed by atoms with Crippen molar-refractivity contribution in [2.75, 3.05) is 24.4 Å². The third kappa shape index (κ3) is 3.97. The molecule has 2 atom stereocenters. The molecule has 1 aliphatic rings. The van der Waals surface area contributed by atoms with E-state index in [4.69, 9.17) is 4.74 Å². The number of nitrogens with one attached hydrogen (secondary N) is 2. The van der Waals surface area contributed by atoms with Crippen LogP contribution in [-0.4, -0.2) is 25.7 Å². The molecule has 1 aromatic carbocycles. The lowest BCUT2D eigenvalue weighted by Crippen LogP contribution is -2.23. The minimum atomic E-state index is -0.128. The fraction of sp³-hybridized carbons (Fsp3) is 0.562. The molecule has 0 spiro atoms. The molecule has 0 aromatic heterocycles. The summed E-state index contributed by atoms with van der Waals surface area (Å²) >= 11 is 0. The molecule has 0 aliphatic heterocycles. The van der Waals surface area contributed by atoms with Crippen molar-refractivity contribution < 1.29 is 9.53 Å². The van der Waals surface area contributed by atoms with Gasteiger partial charge in [-0.2, -0.15) is 0 Å². The Hall–Kier alpha value is -1.55. The van der Waals surface area contributed by atoms with Crippen molar-refractivity contribution in [3.8, 4) is 0 Å². The molecule has 2 rings (SSSR count). The van der Waals surface area contributed by atoms with Crippen molar-refractivity contribution in [1.29, 1.82) is 0 Å². The summed E-state index contributed by atoms with van der Waals surface area (Å²) in [6.07, 6.45) is 5.08. The predicted molar refractivity (Wildman–Crippen MR) is 82.0 cm³/mol. The maximum absolute atomic E-state index is 11.5. The number of hydrogen-bond acceptors (Lipinski definition) is 3. The first-order valence-corrected chi connectivity index (χ1v) is 7.38. The van der Waals surface area contributed by atoms with E-state index in [1.807, 2.05) is 18.2 Å². The summed E-state index contributed by atoms with van der Waals surface area (Å²) in [5.74, 6) is 0.638. The molecule has 4 nitrogen and oxygen atoms in total. The molecule has 2 unspecified atom stereocenters. The van der Waals surface area contributed by atoms with Crippen molar-refractivity contribution in [1.82, 2.24) is 0 Å². The Bertz CT molecular complexity index is 448. The summed E-state index contributed by atoms with van der Waals surface area (Å²) in [6.45, 7) is 2.34. The molecule has 110 valence electrons. The second-order valence-electron chi connectivity index (χ2n) is 5.41. The van der Waals surface area contributed by atoms with Gasteiger partial charge in [-0.25, -0.2) is 0 Å². The average molecular weight is 276 g/mol. The predicted octanol–water partition coefficient (Wildman–Crippen LogP) is 3.26. The normalized spacial score (nSPS) is 21.7. The fourth-order valence-corrected chi connectivity index (χ4v) is 2.94. The van der Waals surface area contributed by atoms with Crippen LogP contribution < -0.4 is 10.6 Å². The van der Waals surface area contributed by atoms with Crippen LogP contribution in [0.15, 0.2) is 24.3 Å². The van der Waals surface area contributed by atoms with Crippen LogP contribution in [-0.2, 0) is 9.53 Å². The topological polar surface area (TPSA) is 50.4 Å². The Kier molecular flexibility index (Phi) is 5.41. The molecule has 0 saturated heterocycles. The number of hydrogen-bond donors (Lipinski definition) is 2. The SMILES string of the molecule is CCC1CCCC1Nc1cccc(NC(=O)COC)c1. The van der Waals surface area contributed by atoms with Crippen LogP contribution in [0.3, 0.4) is 0 Å². The Morgan fingerprint density at radius 1 is 1.35 bits per heavy atom. The Morgan fingerprint density at radius 3 is 2.90 bits per heavy atom. The standard InChI is InChI=1S/C16H24N2O2/c1-3-12-6-4-9-15(12)17-13-7-5-8-14(10-13)18-16(19)11-20-2/h5,7-8,10,12,15,17H,3-4,6,9,11H2,1-2H3,(H,18,19). The number of carbonyl (C=O) groups is 1. The average Bonchev–Trinajstić information content (AvgIpc) is 2.86. The molecule has 0 bridgehead atoms. The van der Waals surface area contributed by atoms with Crippen LogP contribution in [0.5, 0.6) is 0 Å². The van der Waals surface area contributed by atoms with E-state index in [1.165, 1.54) is 32.8 Å². The van der Waals surface area contributed by atoms with Gasteiger partial charge in [0.05, 0.1) is 0 Å². The second-order valence-corrected chi connectivity index (χ2v) is 5.41. The number of rotatable bonds is 6. The lowest BCUT2D eigenvalue weighted by molar-refractivity contribution is -0.119. The van der Waals surface area contributed by atoms with Gasteiger partial charge < -0.3 is 15.4 Å². The zero-order valence-corrected chi connectivity index (χ0v) is 12.3. The van der Waals surface area contributed by atoms with Gasteiger partial charge in [-0.3, -0.25) is 4.79 Å². The number of amides is 1. The Balaban J connectivity index is 1.97. The number of methoxy groups -OCH3 is 1. The number of carbonyl (C=O) groups excluding carboxylic acids is 1. The number of ether oxygens (including phenoxy) is 1. The summed E-state index contributed by atoms with van der Waals surface area (Å²) in [7, 11) is 1.52. The third-order valence-corrected chi connectivity index (χ3v) is 3.96. The zero-order valence-electron chi connectivity index (χ0n) is 12.3. The smallest absolute Gasteiger partial charge is 0.250 e. The van der Waals surface area contributed by atoms with Gasteiger partial charge in [-0.05, 0) is 37.0 Å². The molecule has 1 saturated carbocycles. The Morgan fingerprint density at radius 2 is 2.15 bits per heavy atom. The quantitative estimate of drug-likeness (QED) is 0.838. The lowest BCUT2D eigenvalue weighted by Gasteiger charge is -2.21. The van der Waals surface area contributed by atoms with Gasteiger partial charge in [0.15, 0.2) is 0 Å².